The lowest BCUT2D eigenvalue weighted by atomic mass is 9.88. The van der Waals surface area contributed by atoms with E-state index < -0.39 is 0 Å². The normalized spacial score (nSPS) is 16.6. The molecule has 0 heterocycles. The molecule has 6 rings (SSSR count). The first kappa shape index (κ1) is 17.5. The zero-order chi connectivity index (χ0) is 18.8. The fourth-order valence-corrected chi connectivity index (χ4v) is 4.82. The molecule has 3 aliphatic rings. The summed E-state index contributed by atoms with van der Waals surface area (Å²) in [6.45, 7) is 0. The molecule has 0 N–H and O–H groups in total. The average Bonchev–Trinajstić information content (AvgIpc) is 2.76. The van der Waals surface area contributed by atoms with Gasteiger partial charge in [-0.2, -0.15) is 0 Å². The highest BCUT2D eigenvalue weighted by Gasteiger charge is 2.11. The van der Waals surface area contributed by atoms with Crippen LogP contribution >= 0.6 is 0 Å². The lowest BCUT2D eigenvalue weighted by Crippen LogP contribution is -2.04. The third-order valence-electron chi connectivity index (χ3n) is 6.42. The fraction of sp³-hybridized carbons (Fsp3) is 0.286. The van der Waals surface area contributed by atoms with Gasteiger partial charge in [0, 0.05) is 0 Å². The second-order valence-electron chi connectivity index (χ2n) is 8.32. The van der Waals surface area contributed by atoms with Gasteiger partial charge in [-0.15, -0.1) is 0 Å². The van der Waals surface area contributed by atoms with Crippen LogP contribution in [0.4, 0.5) is 0 Å². The number of hydrogen-bond acceptors (Lipinski definition) is 0. The lowest BCUT2D eigenvalue weighted by Gasteiger charge is -2.18. The molecule has 0 radical (unpaired) electrons. The van der Waals surface area contributed by atoms with Crippen LogP contribution in [0.5, 0.6) is 0 Å². The molecule has 0 spiro atoms. The predicted octanol–water partition coefficient (Wildman–Crippen LogP) is 6.71. The number of hydrogen-bond donors (Lipinski definition) is 0. The molecule has 0 aliphatic heterocycles. The highest BCUT2D eigenvalue weighted by molar-refractivity contribution is 5.84. The van der Waals surface area contributed by atoms with Crippen molar-refractivity contribution in [2.75, 3.05) is 0 Å². The van der Waals surface area contributed by atoms with Crippen LogP contribution in [-0.4, -0.2) is 0 Å². The van der Waals surface area contributed by atoms with Gasteiger partial charge in [0.25, 0.3) is 0 Å². The molecule has 0 saturated heterocycles. The van der Waals surface area contributed by atoms with Crippen LogP contribution in [0.25, 0.3) is 10.8 Å². The van der Waals surface area contributed by atoms with Gasteiger partial charge in [-0.05, 0) is 95.5 Å². The van der Waals surface area contributed by atoms with Gasteiger partial charge in [-0.25, -0.2) is 0 Å². The van der Waals surface area contributed by atoms with Crippen LogP contribution in [0.3, 0.4) is 0 Å². The number of aryl methyl sites for hydroxylation is 2. The molecule has 0 saturated carbocycles. The van der Waals surface area contributed by atoms with Crippen LogP contribution < -0.4 is 0 Å². The molecule has 0 atom stereocenters. The first-order valence-corrected chi connectivity index (χ1v) is 10.8. The largest absolute Gasteiger partial charge is 0.0838 e. The van der Waals surface area contributed by atoms with Gasteiger partial charge >= 0.3 is 0 Å². The second kappa shape index (κ2) is 7.80. The highest BCUT2D eigenvalue weighted by atomic mass is 14.2. The molecular weight excluding hydrogens is 336 g/mol. The molecule has 3 aromatic carbocycles. The number of benzene rings is 3. The maximum atomic E-state index is 2.41. The monoisotopic (exact) mass is 364 g/mol. The summed E-state index contributed by atoms with van der Waals surface area (Å²) < 4.78 is 0. The Morgan fingerprint density at radius 1 is 0.429 bits per heavy atom. The number of rotatable bonds is 0. The Hall–Kier alpha value is -2.60. The van der Waals surface area contributed by atoms with Crippen molar-refractivity contribution in [3.8, 4) is 0 Å². The SMILES string of the molecule is C1=CCc2cc3c(cc2C1)CC=CC3.c1ccc2cc3c(cc2c1)CCCC3. The van der Waals surface area contributed by atoms with E-state index in [4.69, 9.17) is 0 Å². The third kappa shape index (κ3) is 3.56. The summed E-state index contributed by atoms with van der Waals surface area (Å²) in [5.41, 5.74) is 9.33. The quantitative estimate of drug-likeness (QED) is 0.389. The van der Waals surface area contributed by atoms with Crippen molar-refractivity contribution in [3.05, 3.63) is 106 Å². The highest BCUT2D eigenvalue weighted by Crippen LogP contribution is 2.27. The van der Waals surface area contributed by atoms with E-state index in [9.17, 15) is 0 Å². The van der Waals surface area contributed by atoms with E-state index >= 15 is 0 Å². The summed E-state index contributed by atoms with van der Waals surface area (Å²) in [7, 11) is 0. The van der Waals surface area contributed by atoms with Gasteiger partial charge in [-0.3, -0.25) is 0 Å². The zero-order valence-corrected chi connectivity index (χ0v) is 16.6. The minimum absolute atomic E-state index is 1.13. The summed E-state index contributed by atoms with van der Waals surface area (Å²) in [6.07, 6.45) is 19.0. The Morgan fingerprint density at radius 3 is 1.21 bits per heavy atom. The van der Waals surface area contributed by atoms with Gasteiger partial charge in [0.15, 0.2) is 0 Å². The third-order valence-corrected chi connectivity index (χ3v) is 6.42. The number of fused-ring (bicyclic) bond motifs is 4. The van der Waals surface area contributed by atoms with Crippen LogP contribution in [0, 0.1) is 0 Å². The van der Waals surface area contributed by atoms with Crippen LogP contribution in [0.15, 0.2) is 72.8 Å². The first-order valence-electron chi connectivity index (χ1n) is 10.8. The minimum atomic E-state index is 1.13. The summed E-state index contributed by atoms with van der Waals surface area (Å²) >= 11 is 0. The van der Waals surface area contributed by atoms with Crippen molar-refractivity contribution in [2.45, 2.75) is 51.4 Å². The van der Waals surface area contributed by atoms with Crippen molar-refractivity contribution in [1.29, 1.82) is 0 Å². The van der Waals surface area contributed by atoms with Gasteiger partial charge in [-0.1, -0.05) is 72.8 Å². The van der Waals surface area contributed by atoms with Crippen molar-refractivity contribution in [1.82, 2.24) is 0 Å². The Labute approximate surface area is 168 Å². The zero-order valence-electron chi connectivity index (χ0n) is 16.6. The molecule has 3 aromatic rings. The molecular formula is C28H28. The van der Waals surface area contributed by atoms with Crippen molar-refractivity contribution in [3.63, 3.8) is 0 Å². The molecule has 140 valence electrons. The van der Waals surface area contributed by atoms with Crippen molar-refractivity contribution >= 4 is 10.8 Å². The van der Waals surface area contributed by atoms with Gasteiger partial charge in [0.2, 0.25) is 0 Å². The fourth-order valence-electron chi connectivity index (χ4n) is 4.82. The second-order valence-corrected chi connectivity index (χ2v) is 8.32. The Balaban J connectivity index is 0.000000122. The summed E-state index contributed by atoms with van der Waals surface area (Å²) in [6, 6.07) is 18.3. The van der Waals surface area contributed by atoms with Crippen molar-refractivity contribution in [2.24, 2.45) is 0 Å². The maximum Gasteiger partial charge on any atom is -0.00944 e. The standard InChI is InChI=1S/2C14H14/c2*1-2-6-12-10-14-8-4-3-7-13(14)9-11(12)5-1/h1-2,5-6,9-10H,3-4,7-8H2;1-4,9-10H,5-8H2. The van der Waals surface area contributed by atoms with E-state index in [0.29, 0.717) is 0 Å². The van der Waals surface area contributed by atoms with Crippen LogP contribution in [0.1, 0.15) is 46.2 Å². The summed E-state index contributed by atoms with van der Waals surface area (Å²) in [5.74, 6) is 0. The van der Waals surface area contributed by atoms with E-state index in [1.54, 1.807) is 33.4 Å². The van der Waals surface area contributed by atoms with Gasteiger partial charge in [0.1, 0.15) is 0 Å². The maximum absolute atomic E-state index is 2.41. The summed E-state index contributed by atoms with van der Waals surface area (Å²) in [4.78, 5) is 0. The average molecular weight is 365 g/mol. The van der Waals surface area contributed by atoms with Crippen LogP contribution in [0.2, 0.25) is 0 Å². The molecule has 0 aromatic heterocycles. The molecule has 28 heavy (non-hydrogen) atoms. The molecule has 0 nitrogen and oxygen atoms in total. The van der Waals surface area contributed by atoms with E-state index in [0.717, 1.165) is 25.7 Å². The van der Waals surface area contributed by atoms with Gasteiger partial charge in [0.05, 0.1) is 0 Å². The van der Waals surface area contributed by atoms with E-state index in [2.05, 4.69) is 72.8 Å². The smallest absolute Gasteiger partial charge is 0.00944 e. The minimum Gasteiger partial charge on any atom is -0.0838 e. The van der Waals surface area contributed by atoms with E-state index in [1.165, 1.54) is 36.5 Å². The lowest BCUT2D eigenvalue weighted by molar-refractivity contribution is 0.687. The van der Waals surface area contributed by atoms with E-state index in [-0.39, 0.29) is 0 Å². The molecule has 0 unspecified atom stereocenters. The topological polar surface area (TPSA) is 0 Å². The molecule has 0 heteroatoms. The summed E-state index contributed by atoms with van der Waals surface area (Å²) in [5, 5.41) is 2.79. The van der Waals surface area contributed by atoms with Crippen molar-refractivity contribution < 1.29 is 0 Å². The Bertz CT molecular complexity index is 944. The predicted molar refractivity (Wildman–Crippen MR) is 120 cm³/mol. The van der Waals surface area contributed by atoms with E-state index in [1.807, 2.05) is 0 Å². The Kier molecular flexibility index (Phi) is 4.87. The van der Waals surface area contributed by atoms with Gasteiger partial charge < -0.3 is 0 Å². The van der Waals surface area contributed by atoms with Crippen LogP contribution in [-0.2, 0) is 38.5 Å². The Morgan fingerprint density at radius 2 is 0.821 bits per heavy atom. The molecule has 3 aliphatic carbocycles. The molecule has 0 bridgehead atoms. The molecule has 0 amide bonds. The molecule has 0 fully saturated rings. The number of allylic oxidation sites excluding steroid dienone is 4. The first-order chi connectivity index (χ1) is 13.9.